The number of nitrogens with zero attached hydrogens (tertiary/aromatic N) is 1. The van der Waals surface area contributed by atoms with Crippen molar-refractivity contribution in [2.24, 2.45) is 11.7 Å². The van der Waals surface area contributed by atoms with Crippen LogP contribution in [-0.4, -0.2) is 29.9 Å². The van der Waals surface area contributed by atoms with E-state index in [0.717, 1.165) is 6.42 Å². The minimum atomic E-state index is -0.523. The summed E-state index contributed by atoms with van der Waals surface area (Å²) in [5, 5.41) is 0. The van der Waals surface area contributed by atoms with E-state index in [2.05, 4.69) is 18.8 Å². The van der Waals surface area contributed by atoms with Gasteiger partial charge in [0.2, 0.25) is 0 Å². The van der Waals surface area contributed by atoms with Gasteiger partial charge in [-0.15, -0.1) is 0 Å². The fourth-order valence-corrected chi connectivity index (χ4v) is 2.66. The molecule has 1 amide bonds. The maximum absolute atomic E-state index is 14.1. The molecule has 0 aliphatic carbocycles. The number of rotatable bonds is 1. The van der Waals surface area contributed by atoms with Gasteiger partial charge in [-0.05, 0) is 37.5 Å². The molecule has 0 bridgehead atoms. The van der Waals surface area contributed by atoms with Gasteiger partial charge >= 0.3 is 0 Å². The molecule has 1 aromatic rings. The highest BCUT2D eigenvalue weighted by molar-refractivity contribution is 5.95. The van der Waals surface area contributed by atoms with Crippen LogP contribution in [0, 0.1) is 23.6 Å². The van der Waals surface area contributed by atoms with Crippen molar-refractivity contribution in [1.29, 1.82) is 0 Å². The summed E-state index contributed by atoms with van der Waals surface area (Å²) in [6.45, 7) is 5.02. The summed E-state index contributed by atoms with van der Waals surface area (Å²) >= 11 is 0. The molecule has 0 spiro atoms. The summed E-state index contributed by atoms with van der Waals surface area (Å²) in [5.74, 6) is 5.12. The third-order valence-corrected chi connectivity index (χ3v) is 3.58. The number of carbonyl (C=O) groups is 1. The van der Waals surface area contributed by atoms with E-state index >= 15 is 0 Å². The van der Waals surface area contributed by atoms with E-state index in [1.54, 1.807) is 11.0 Å². The largest absolute Gasteiger partial charge is 0.336 e. The monoisotopic (exact) mass is 274 g/mol. The van der Waals surface area contributed by atoms with Gasteiger partial charge in [-0.3, -0.25) is 4.79 Å². The van der Waals surface area contributed by atoms with E-state index in [0.29, 0.717) is 18.0 Å². The summed E-state index contributed by atoms with van der Waals surface area (Å²) in [4.78, 5) is 14.1. The molecule has 20 heavy (non-hydrogen) atoms. The minimum absolute atomic E-state index is 0.115. The summed E-state index contributed by atoms with van der Waals surface area (Å²) in [6, 6.07) is 4.62. The number of halogens is 1. The Balaban J connectivity index is 2.23. The maximum Gasteiger partial charge on any atom is 0.257 e. The lowest BCUT2D eigenvalue weighted by Crippen LogP contribution is -2.34. The average molecular weight is 274 g/mol. The van der Waals surface area contributed by atoms with Gasteiger partial charge in [0, 0.05) is 18.2 Å². The van der Waals surface area contributed by atoms with Crippen LogP contribution in [-0.2, 0) is 0 Å². The van der Waals surface area contributed by atoms with E-state index in [9.17, 15) is 9.18 Å². The molecule has 2 unspecified atom stereocenters. The first-order chi connectivity index (χ1) is 9.52. The van der Waals surface area contributed by atoms with Gasteiger partial charge in [0.05, 0.1) is 12.1 Å². The van der Waals surface area contributed by atoms with Gasteiger partial charge in [0.1, 0.15) is 5.82 Å². The van der Waals surface area contributed by atoms with E-state index in [4.69, 9.17) is 5.73 Å². The first kappa shape index (κ1) is 14.5. The Kier molecular flexibility index (Phi) is 4.41. The van der Waals surface area contributed by atoms with Crippen molar-refractivity contribution in [3.8, 4) is 11.8 Å². The molecule has 0 radical (unpaired) electrons. The molecule has 1 aliphatic rings. The molecule has 2 atom stereocenters. The van der Waals surface area contributed by atoms with Gasteiger partial charge in [-0.2, -0.15) is 0 Å². The van der Waals surface area contributed by atoms with Crippen LogP contribution in [0.4, 0.5) is 4.39 Å². The van der Waals surface area contributed by atoms with Crippen LogP contribution in [0.5, 0.6) is 0 Å². The summed E-state index contributed by atoms with van der Waals surface area (Å²) < 4.78 is 14.1. The zero-order chi connectivity index (χ0) is 14.7. The number of benzene rings is 1. The van der Waals surface area contributed by atoms with Crippen molar-refractivity contribution < 1.29 is 9.18 Å². The molecule has 0 aromatic heterocycles. The van der Waals surface area contributed by atoms with Gasteiger partial charge in [0.25, 0.3) is 5.91 Å². The number of likely N-dealkylation sites (tertiary alicyclic amines) is 1. The van der Waals surface area contributed by atoms with E-state index in [-0.39, 0.29) is 24.1 Å². The average Bonchev–Trinajstić information content (AvgIpc) is 2.75. The van der Waals surface area contributed by atoms with E-state index < -0.39 is 5.82 Å². The third kappa shape index (κ3) is 3.00. The van der Waals surface area contributed by atoms with Crippen molar-refractivity contribution in [3.63, 3.8) is 0 Å². The molecule has 0 saturated carbocycles. The second-order valence-electron chi connectivity index (χ2n) is 5.35. The molecule has 1 heterocycles. The summed E-state index contributed by atoms with van der Waals surface area (Å²) in [7, 11) is 0. The molecule has 1 saturated heterocycles. The number of hydrogen-bond donors (Lipinski definition) is 1. The standard InChI is InChI=1S/C16H19FN2O/c1-11-8-12(2)19(10-11)16(20)14-6-5-13(4-3-7-18)9-15(14)17/h5-6,9,11-12H,7-8,10,18H2,1-2H3. The highest BCUT2D eigenvalue weighted by Gasteiger charge is 2.31. The van der Waals surface area contributed by atoms with Gasteiger partial charge in [0.15, 0.2) is 0 Å². The number of carbonyl (C=O) groups excluding carboxylic acids is 1. The zero-order valence-electron chi connectivity index (χ0n) is 11.8. The van der Waals surface area contributed by atoms with Crippen molar-refractivity contribution in [1.82, 2.24) is 4.90 Å². The van der Waals surface area contributed by atoms with Crippen LogP contribution >= 0.6 is 0 Å². The second kappa shape index (κ2) is 6.06. The molecule has 2 N–H and O–H groups in total. The van der Waals surface area contributed by atoms with Crippen molar-refractivity contribution in [2.45, 2.75) is 26.3 Å². The fourth-order valence-electron chi connectivity index (χ4n) is 2.66. The Bertz CT molecular complexity index is 574. The number of nitrogens with two attached hydrogens (primary N) is 1. The molecule has 1 fully saturated rings. The Morgan fingerprint density at radius 3 is 2.80 bits per heavy atom. The quantitative estimate of drug-likeness (QED) is 0.796. The molecule has 2 rings (SSSR count). The smallest absolute Gasteiger partial charge is 0.257 e. The topological polar surface area (TPSA) is 46.3 Å². The first-order valence-electron chi connectivity index (χ1n) is 6.82. The Morgan fingerprint density at radius 1 is 1.50 bits per heavy atom. The molecule has 4 heteroatoms. The Hall–Kier alpha value is -1.86. The lowest BCUT2D eigenvalue weighted by atomic mass is 10.1. The predicted molar refractivity (Wildman–Crippen MR) is 76.6 cm³/mol. The first-order valence-corrected chi connectivity index (χ1v) is 6.82. The number of hydrogen-bond acceptors (Lipinski definition) is 2. The molecule has 1 aromatic carbocycles. The Labute approximate surface area is 119 Å². The van der Waals surface area contributed by atoms with Gasteiger partial charge in [-0.1, -0.05) is 18.8 Å². The lowest BCUT2D eigenvalue weighted by molar-refractivity contribution is 0.0739. The van der Waals surface area contributed by atoms with Crippen molar-refractivity contribution in [3.05, 3.63) is 35.1 Å². The minimum Gasteiger partial charge on any atom is -0.336 e. The SMILES string of the molecule is CC1CC(C)N(C(=O)c2ccc(C#CCN)cc2F)C1. The highest BCUT2D eigenvalue weighted by Crippen LogP contribution is 2.25. The molecule has 1 aliphatic heterocycles. The molecular weight excluding hydrogens is 255 g/mol. The molecular formula is C16H19FN2O. The fraction of sp³-hybridized carbons (Fsp3) is 0.438. The molecule has 3 nitrogen and oxygen atoms in total. The van der Waals surface area contributed by atoms with Crippen LogP contribution < -0.4 is 5.73 Å². The maximum atomic E-state index is 14.1. The lowest BCUT2D eigenvalue weighted by Gasteiger charge is -2.21. The summed E-state index contributed by atoms with van der Waals surface area (Å²) in [6.07, 6.45) is 0.966. The van der Waals surface area contributed by atoms with E-state index in [1.807, 2.05) is 6.92 Å². The van der Waals surface area contributed by atoms with Crippen LogP contribution in [0.3, 0.4) is 0 Å². The van der Waals surface area contributed by atoms with Gasteiger partial charge in [-0.25, -0.2) is 4.39 Å². The summed E-state index contributed by atoms with van der Waals surface area (Å²) in [5.41, 5.74) is 5.92. The van der Waals surface area contributed by atoms with Gasteiger partial charge < -0.3 is 10.6 Å². The van der Waals surface area contributed by atoms with Crippen LogP contribution in [0.2, 0.25) is 0 Å². The predicted octanol–water partition coefficient (Wildman–Crippen LogP) is 2.01. The van der Waals surface area contributed by atoms with Crippen molar-refractivity contribution >= 4 is 5.91 Å². The van der Waals surface area contributed by atoms with Crippen molar-refractivity contribution in [2.75, 3.05) is 13.1 Å². The molecule has 106 valence electrons. The second-order valence-corrected chi connectivity index (χ2v) is 5.35. The van der Waals surface area contributed by atoms with E-state index in [1.165, 1.54) is 12.1 Å². The zero-order valence-corrected chi connectivity index (χ0v) is 11.8. The highest BCUT2D eigenvalue weighted by atomic mass is 19.1. The van der Waals surface area contributed by atoms with Crippen LogP contribution in [0.25, 0.3) is 0 Å². The number of amides is 1. The normalized spacial score (nSPS) is 21.5. The third-order valence-electron chi connectivity index (χ3n) is 3.58. The Morgan fingerprint density at radius 2 is 2.25 bits per heavy atom. The van der Waals surface area contributed by atoms with Crippen LogP contribution in [0.1, 0.15) is 36.2 Å². The van der Waals surface area contributed by atoms with Crippen LogP contribution in [0.15, 0.2) is 18.2 Å².